The van der Waals surface area contributed by atoms with Crippen molar-refractivity contribution in [1.29, 1.82) is 0 Å². The highest BCUT2D eigenvalue weighted by atomic mass is 35.5. The summed E-state index contributed by atoms with van der Waals surface area (Å²) in [6.45, 7) is 6.54. The number of aryl methyl sites for hydroxylation is 2. The molecule has 0 spiro atoms. The number of nitrogens with one attached hydrogen (secondary N) is 1. The number of halogens is 2. The van der Waals surface area contributed by atoms with E-state index in [2.05, 4.69) is 22.2 Å². The summed E-state index contributed by atoms with van der Waals surface area (Å²) in [6.07, 6.45) is 4.70. The van der Waals surface area contributed by atoms with Gasteiger partial charge in [-0.05, 0) is 38.3 Å². The smallest absolute Gasteiger partial charge is 0.262 e. The van der Waals surface area contributed by atoms with Crippen LogP contribution in [-0.4, -0.2) is 21.1 Å². The Labute approximate surface area is 172 Å². The number of hydrogen-bond donors (Lipinski definition) is 1. The maximum Gasteiger partial charge on any atom is 0.262 e. The summed E-state index contributed by atoms with van der Waals surface area (Å²) in [6, 6.07) is 0. The molecule has 0 aliphatic carbocycles. The van der Waals surface area contributed by atoms with Gasteiger partial charge >= 0.3 is 0 Å². The van der Waals surface area contributed by atoms with Gasteiger partial charge in [0.2, 0.25) is 0 Å². The van der Waals surface area contributed by atoms with Crippen molar-refractivity contribution in [3.8, 4) is 0 Å². The van der Waals surface area contributed by atoms with E-state index >= 15 is 0 Å². The number of aromatic nitrogens is 3. The van der Waals surface area contributed by atoms with Crippen LogP contribution in [0.25, 0.3) is 10.2 Å². The summed E-state index contributed by atoms with van der Waals surface area (Å²) in [5.41, 5.74) is 2.32. The first kappa shape index (κ1) is 21.3. The van der Waals surface area contributed by atoms with Gasteiger partial charge in [-0.15, -0.1) is 47.5 Å². The molecule has 0 saturated carbocycles. The molecule has 4 heterocycles. The lowest BCUT2D eigenvalue weighted by Gasteiger charge is -2.12. The molecule has 0 bridgehead atoms. The third kappa shape index (κ3) is 3.82. The number of thiazole rings is 1. The summed E-state index contributed by atoms with van der Waals surface area (Å²) in [5, 5.41) is 5.35. The van der Waals surface area contributed by atoms with Crippen LogP contribution in [0.4, 0.5) is 0 Å². The van der Waals surface area contributed by atoms with E-state index < -0.39 is 0 Å². The fourth-order valence-corrected chi connectivity index (χ4v) is 5.49. The Balaban J connectivity index is 0.00000121. The fraction of sp³-hybridized carbons (Fsp3) is 0.471. The fourth-order valence-electron chi connectivity index (χ4n) is 3.17. The van der Waals surface area contributed by atoms with Gasteiger partial charge in [-0.2, -0.15) is 0 Å². The molecule has 5 nitrogen and oxygen atoms in total. The molecule has 0 atom stereocenters. The van der Waals surface area contributed by atoms with Gasteiger partial charge in [-0.3, -0.25) is 9.36 Å². The van der Waals surface area contributed by atoms with E-state index in [1.54, 1.807) is 33.6 Å². The van der Waals surface area contributed by atoms with Crippen molar-refractivity contribution in [2.75, 3.05) is 6.54 Å². The topological polar surface area (TPSA) is 59.8 Å². The van der Waals surface area contributed by atoms with E-state index in [1.807, 2.05) is 6.92 Å². The number of fused-ring (bicyclic) bond motifs is 3. The van der Waals surface area contributed by atoms with Gasteiger partial charge in [0.25, 0.3) is 5.56 Å². The molecule has 3 aromatic rings. The van der Waals surface area contributed by atoms with Crippen LogP contribution < -0.4 is 10.9 Å². The molecule has 0 radical (unpaired) electrons. The second kappa shape index (κ2) is 8.80. The molecule has 0 aromatic carbocycles. The normalized spacial score (nSPS) is 13.2. The largest absolute Gasteiger partial charge is 0.312 e. The number of hydrogen-bond acceptors (Lipinski definition) is 6. The van der Waals surface area contributed by atoms with E-state index in [0.717, 1.165) is 58.1 Å². The first-order valence-corrected chi connectivity index (χ1v) is 9.96. The highest BCUT2D eigenvalue weighted by Gasteiger charge is 2.20. The molecule has 1 aliphatic heterocycles. The Bertz CT molecular complexity index is 964. The molecule has 0 amide bonds. The van der Waals surface area contributed by atoms with Crippen LogP contribution in [0.1, 0.15) is 39.4 Å². The molecule has 142 valence electrons. The van der Waals surface area contributed by atoms with Gasteiger partial charge in [0.05, 0.1) is 29.0 Å². The second-order valence-corrected chi connectivity index (χ2v) is 8.41. The summed E-state index contributed by atoms with van der Waals surface area (Å²) in [5.74, 6) is 0. The first-order chi connectivity index (χ1) is 11.7. The van der Waals surface area contributed by atoms with E-state index in [9.17, 15) is 4.79 Å². The third-order valence-corrected chi connectivity index (χ3v) is 6.76. The maximum atomic E-state index is 13.0. The lowest BCUT2D eigenvalue weighted by atomic mass is 10.1. The Hall–Kier alpha value is -0.990. The van der Waals surface area contributed by atoms with E-state index in [0.29, 0.717) is 6.54 Å². The van der Waals surface area contributed by atoms with Crippen molar-refractivity contribution < 1.29 is 0 Å². The maximum absolute atomic E-state index is 13.0. The van der Waals surface area contributed by atoms with Gasteiger partial charge < -0.3 is 5.32 Å². The first-order valence-electron chi connectivity index (χ1n) is 8.33. The monoisotopic (exact) mass is 432 g/mol. The lowest BCUT2D eigenvalue weighted by Crippen LogP contribution is -2.25. The molecule has 26 heavy (non-hydrogen) atoms. The SMILES string of the molecule is CCCc1nc(C)c(Cn2cnc3sc4c(c3c2=O)CCNC4)s1.Cl.Cl. The van der Waals surface area contributed by atoms with Crippen LogP contribution in [0.3, 0.4) is 0 Å². The van der Waals surface area contributed by atoms with Crippen molar-refractivity contribution in [3.05, 3.63) is 42.7 Å². The third-order valence-electron chi connectivity index (χ3n) is 4.41. The van der Waals surface area contributed by atoms with Crippen molar-refractivity contribution in [2.45, 2.75) is 46.2 Å². The molecule has 4 rings (SSSR count). The highest BCUT2D eigenvalue weighted by Crippen LogP contribution is 2.30. The zero-order valence-electron chi connectivity index (χ0n) is 14.7. The predicted octanol–water partition coefficient (Wildman–Crippen LogP) is 3.71. The minimum atomic E-state index is 0. The average Bonchev–Trinajstić information content (AvgIpc) is 3.11. The zero-order chi connectivity index (χ0) is 16.7. The molecule has 3 aromatic heterocycles. The van der Waals surface area contributed by atoms with Gasteiger partial charge in [-0.1, -0.05) is 6.92 Å². The minimum Gasteiger partial charge on any atom is -0.312 e. The van der Waals surface area contributed by atoms with Crippen molar-refractivity contribution in [1.82, 2.24) is 19.9 Å². The van der Waals surface area contributed by atoms with Crippen molar-refractivity contribution in [3.63, 3.8) is 0 Å². The average molecular weight is 433 g/mol. The Kier molecular flexibility index (Phi) is 7.21. The zero-order valence-corrected chi connectivity index (χ0v) is 18.0. The molecule has 9 heteroatoms. The predicted molar refractivity (Wildman–Crippen MR) is 114 cm³/mol. The Morgan fingerprint density at radius 3 is 2.88 bits per heavy atom. The van der Waals surface area contributed by atoms with Crippen LogP contribution in [0.5, 0.6) is 0 Å². The molecule has 0 fully saturated rings. The summed E-state index contributed by atoms with van der Waals surface area (Å²) >= 11 is 3.36. The molecule has 0 saturated heterocycles. The molecule has 1 aliphatic rings. The molecule has 1 N–H and O–H groups in total. The van der Waals surface area contributed by atoms with Crippen LogP contribution in [0.2, 0.25) is 0 Å². The molecule has 0 unspecified atom stereocenters. The van der Waals surface area contributed by atoms with E-state index in [-0.39, 0.29) is 30.4 Å². The van der Waals surface area contributed by atoms with Crippen LogP contribution in [0.15, 0.2) is 11.1 Å². The van der Waals surface area contributed by atoms with Crippen molar-refractivity contribution in [2.24, 2.45) is 0 Å². The second-order valence-electron chi connectivity index (χ2n) is 6.15. The summed E-state index contributed by atoms with van der Waals surface area (Å²) in [4.78, 5) is 25.5. The van der Waals surface area contributed by atoms with Gasteiger partial charge in [0.15, 0.2) is 0 Å². The van der Waals surface area contributed by atoms with E-state index in [4.69, 9.17) is 0 Å². The quantitative estimate of drug-likeness (QED) is 0.682. The standard InChI is InChI=1S/C17H20N4OS2.2ClH/c1-3-4-14-20-10(2)13(23-14)8-21-9-19-16-15(17(21)22)11-5-6-18-7-12(11)24-16;;/h9,18H,3-8H2,1-2H3;2*1H. The molecular weight excluding hydrogens is 411 g/mol. The Morgan fingerprint density at radius 2 is 2.12 bits per heavy atom. The van der Waals surface area contributed by atoms with Crippen LogP contribution >= 0.6 is 47.5 Å². The van der Waals surface area contributed by atoms with Crippen LogP contribution in [0, 0.1) is 6.92 Å². The lowest BCUT2D eigenvalue weighted by molar-refractivity contribution is 0.656. The van der Waals surface area contributed by atoms with Crippen LogP contribution in [-0.2, 0) is 25.9 Å². The number of rotatable bonds is 4. The number of nitrogens with zero attached hydrogens (tertiary/aromatic N) is 3. The highest BCUT2D eigenvalue weighted by molar-refractivity contribution is 7.18. The van der Waals surface area contributed by atoms with Crippen molar-refractivity contribution >= 4 is 57.7 Å². The van der Waals surface area contributed by atoms with Gasteiger partial charge in [-0.25, -0.2) is 9.97 Å². The minimum absolute atomic E-state index is 0. The Morgan fingerprint density at radius 1 is 1.31 bits per heavy atom. The summed E-state index contributed by atoms with van der Waals surface area (Å²) < 4.78 is 1.74. The number of thiophene rings is 1. The van der Waals surface area contributed by atoms with E-state index in [1.165, 1.54) is 10.4 Å². The van der Waals surface area contributed by atoms with Gasteiger partial charge in [0, 0.05) is 16.3 Å². The van der Waals surface area contributed by atoms with Gasteiger partial charge in [0.1, 0.15) is 4.83 Å². The molecular formula is C17H22Cl2N4OS2. The summed E-state index contributed by atoms with van der Waals surface area (Å²) in [7, 11) is 0.